The molecule has 0 spiro atoms. The van der Waals surface area contributed by atoms with E-state index >= 15 is 0 Å². The van der Waals surface area contributed by atoms with E-state index in [1.54, 1.807) is 0 Å². The zero-order valence-electron chi connectivity index (χ0n) is 5.69. The fourth-order valence-corrected chi connectivity index (χ4v) is 1.19. The van der Waals surface area contributed by atoms with Crippen molar-refractivity contribution in [2.24, 2.45) is 5.92 Å². The number of hydrogen-bond acceptors (Lipinski definition) is 1. The van der Waals surface area contributed by atoms with Gasteiger partial charge in [0.05, 0.1) is 0 Å². The van der Waals surface area contributed by atoms with Crippen molar-refractivity contribution in [1.82, 2.24) is 5.32 Å². The van der Waals surface area contributed by atoms with Gasteiger partial charge in [0.25, 0.3) is 0 Å². The Morgan fingerprint density at radius 3 is 3.00 bits per heavy atom. The maximum atomic E-state index is 5.29. The summed E-state index contributed by atoms with van der Waals surface area (Å²) in [5.74, 6) is 3.35. The van der Waals surface area contributed by atoms with Crippen LogP contribution < -0.4 is 5.32 Å². The first kappa shape index (κ1) is 6.64. The number of nitrogens with one attached hydrogen (secondary N) is 1. The summed E-state index contributed by atoms with van der Waals surface area (Å²) in [7, 11) is 0. The minimum absolute atomic E-state index is 0.542. The smallest absolute Gasteiger partial charge is 0.0212 e. The van der Waals surface area contributed by atoms with Crippen LogP contribution in [0.4, 0.5) is 0 Å². The van der Waals surface area contributed by atoms with Gasteiger partial charge in [-0.25, -0.2) is 0 Å². The highest BCUT2D eigenvalue weighted by atomic mass is 14.8. The average molecular weight is 123 g/mol. The molecule has 0 aromatic heterocycles. The highest BCUT2D eigenvalue weighted by molar-refractivity contribution is 4.93. The van der Waals surface area contributed by atoms with E-state index in [0.29, 0.717) is 5.92 Å². The summed E-state index contributed by atoms with van der Waals surface area (Å²) in [4.78, 5) is 0. The van der Waals surface area contributed by atoms with Crippen LogP contribution in [0.2, 0.25) is 0 Å². The molecule has 1 aliphatic rings. The zero-order chi connectivity index (χ0) is 6.53. The lowest BCUT2D eigenvalue weighted by Gasteiger charge is -2.01. The molecule has 1 heteroatoms. The number of terminal acetylenes is 1. The highest BCUT2D eigenvalue weighted by Crippen LogP contribution is 2.10. The second-order valence-electron chi connectivity index (χ2n) is 2.54. The fourth-order valence-electron chi connectivity index (χ4n) is 1.19. The third-order valence-electron chi connectivity index (χ3n) is 1.81. The highest BCUT2D eigenvalue weighted by Gasteiger charge is 2.06. The lowest BCUT2D eigenvalue weighted by molar-refractivity contribution is 0.595. The van der Waals surface area contributed by atoms with Crippen LogP contribution >= 0.6 is 0 Å². The van der Waals surface area contributed by atoms with Gasteiger partial charge < -0.3 is 5.32 Å². The third-order valence-corrected chi connectivity index (χ3v) is 1.81. The van der Waals surface area contributed by atoms with Crippen LogP contribution in [-0.2, 0) is 0 Å². The average Bonchev–Trinajstić information content (AvgIpc) is 2.13. The molecule has 0 aliphatic carbocycles. The Morgan fingerprint density at radius 2 is 2.22 bits per heavy atom. The van der Waals surface area contributed by atoms with Crippen LogP contribution in [0.1, 0.15) is 19.3 Å². The summed E-state index contributed by atoms with van der Waals surface area (Å²) in [5, 5.41) is 3.32. The summed E-state index contributed by atoms with van der Waals surface area (Å²) in [5.41, 5.74) is 0. The molecule has 0 radical (unpaired) electrons. The topological polar surface area (TPSA) is 12.0 Å². The van der Waals surface area contributed by atoms with Crippen molar-refractivity contribution in [1.29, 1.82) is 0 Å². The van der Waals surface area contributed by atoms with E-state index in [1.165, 1.54) is 12.8 Å². The lowest BCUT2D eigenvalue weighted by atomic mass is 10.0. The van der Waals surface area contributed by atoms with Crippen molar-refractivity contribution in [2.75, 3.05) is 13.1 Å². The van der Waals surface area contributed by atoms with Crippen LogP contribution in [0.15, 0.2) is 0 Å². The second kappa shape index (κ2) is 3.53. The Balaban J connectivity index is 2.29. The molecule has 1 fully saturated rings. The summed E-state index contributed by atoms with van der Waals surface area (Å²) >= 11 is 0. The number of rotatable bonds is 0. The van der Waals surface area contributed by atoms with Crippen LogP contribution in [0.25, 0.3) is 0 Å². The molecule has 0 aromatic rings. The lowest BCUT2D eigenvalue weighted by Crippen LogP contribution is -2.13. The summed E-state index contributed by atoms with van der Waals surface area (Å²) in [6.45, 7) is 2.26. The van der Waals surface area contributed by atoms with E-state index in [4.69, 9.17) is 6.42 Å². The molecular weight excluding hydrogens is 110 g/mol. The van der Waals surface area contributed by atoms with Gasteiger partial charge in [-0.05, 0) is 32.4 Å². The number of hydrogen-bond donors (Lipinski definition) is 1. The molecule has 0 bridgehead atoms. The minimum Gasteiger partial charge on any atom is -0.317 e. The van der Waals surface area contributed by atoms with Gasteiger partial charge in [0.15, 0.2) is 0 Å². The van der Waals surface area contributed by atoms with E-state index in [9.17, 15) is 0 Å². The molecule has 1 unspecified atom stereocenters. The zero-order valence-corrected chi connectivity index (χ0v) is 5.69. The third kappa shape index (κ3) is 2.07. The van der Waals surface area contributed by atoms with Gasteiger partial charge in [-0.3, -0.25) is 0 Å². The van der Waals surface area contributed by atoms with Crippen LogP contribution in [0.3, 0.4) is 0 Å². The summed E-state index contributed by atoms with van der Waals surface area (Å²) in [6.07, 6.45) is 8.91. The predicted octanol–water partition coefficient (Wildman–Crippen LogP) is 1.01. The van der Waals surface area contributed by atoms with Crippen molar-refractivity contribution < 1.29 is 0 Å². The molecule has 1 rings (SSSR count). The van der Waals surface area contributed by atoms with E-state index in [0.717, 1.165) is 19.5 Å². The first-order chi connectivity index (χ1) is 4.43. The van der Waals surface area contributed by atoms with Gasteiger partial charge >= 0.3 is 0 Å². The molecule has 0 amide bonds. The van der Waals surface area contributed by atoms with Gasteiger partial charge in [-0.1, -0.05) is 0 Å². The van der Waals surface area contributed by atoms with Gasteiger partial charge in [0, 0.05) is 5.92 Å². The van der Waals surface area contributed by atoms with Crippen molar-refractivity contribution in [3.8, 4) is 12.3 Å². The van der Waals surface area contributed by atoms with E-state index in [2.05, 4.69) is 11.2 Å². The standard InChI is InChI=1S/C8H13N/c1-2-8-4-3-6-9-7-5-8/h1,8-9H,3-7H2. The van der Waals surface area contributed by atoms with E-state index in [1.807, 2.05) is 0 Å². The molecule has 0 aromatic carbocycles. The maximum Gasteiger partial charge on any atom is 0.0212 e. The molecular formula is C8H13N. The van der Waals surface area contributed by atoms with E-state index < -0.39 is 0 Å². The first-order valence-corrected chi connectivity index (χ1v) is 3.60. The van der Waals surface area contributed by atoms with Crippen LogP contribution in [0.5, 0.6) is 0 Å². The fraction of sp³-hybridized carbons (Fsp3) is 0.750. The molecule has 9 heavy (non-hydrogen) atoms. The van der Waals surface area contributed by atoms with Gasteiger partial charge in [0.1, 0.15) is 0 Å². The molecule has 1 aliphatic heterocycles. The molecule has 1 saturated heterocycles. The molecule has 50 valence electrons. The molecule has 1 heterocycles. The van der Waals surface area contributed by atoms with Gasteiger partial charge in [-0.15, -0.1) is 12.3 Å². The van der Waals surface area contributed by atoms with Crippen molar-refractivity contribution in [2.45, 2.75) is 19.3 Å². The largest absolute Gasteiger partial charge is 0.317 e. The Hall–Kier alpha value is -0.480. The summed E-state index contributed by atoms with van der Waals surface area (Å²) < 4.78 is 0. The minimum atomic E-state index is 0.542. The SMILES string of the molecule is C#CC1CCCNCC1. The van der Waals surface area contributed by atoms with E-state index in [-0.39, 0.29) is 0 Å². The van der Waals surface area contributed by atoms with Gasteiger partial charge in [0.2, 0.25) is 0 Å². The van der Waals surface area contributed by atoms with Crippen LogP contribution in [0, 0.1) is 18.3 Å². The van der Waals surface area contributed by atoms with Crippen molar-refractivity contribution in [3.63, 3.8) is 0 Å². The summed E-state index contributed by atoms with van der Waals surface area (Å²) in [6, 6.07) is 0. The maximum absolute atomic E-state index is 5.29. The molecule has 1 atom stereocenters. The Labute approximate surface area is 56.8 Å². The second-order valence-corrected chi connectivity index (χ2v) is 2.54. The quantitative estimate of drug-likeness (QED) is 0.474. The molecule has 1 nitrogen and oxygen atoms in total. The van der Waals surface area contributed by atoms with Crippen molar-refractivity contribution in [3.05, 3.63) is 0 Å². The van der Waals surface area contributed by atoms with Crippen molar-refractivity contribution >= 4 is 0 Å². The molecule has 0 saturated carbocycles. The Morgan fingerprint density at radius 1 is 1.33 bits per heavy atom. The Kier molecular flexibility index (Phi) is 2.60. The predicted molar refractivity (Wildman–Crippen MR) is 39.0 cm³/mol. The monoisotopic (exact) mass is 123 g/mol. The van der Waals surface area contributed by atoms with Gasteiger partial charge in [-0.2, -0.15) is 0 Å². The van der Waals surface area contributed by atoms with Crippen LogP contribution in [-0.4, -0.2) is 13.1 Å². The molecule has 1 N–H and O–H groups in total. The normalized spacial score (nSPS) is 28.6. The Bertz CT molecular complexity index is 104. The first-order valence-electron chi connectivity index (χ1n) is 3.60.